The summed E-state index contributed by atoms with van der Waals surface area (Å²) in [6.45, 7) is 2.61. The first-order valence-electron chi connectivity index (χ1n) is 10.7. The lowest BCUT2D eigenvalue weighted by Gasteiger charge is -2.35. The molecule has 168 valence electrons. The number of nitrogens with one attached hydrogen (secondary N) is 1. The number of hydrogen-bond donors (Lipinski definition) is 1. The molecular weight excluding hydrogens is 449 g/mol. The van der Waals surface area contributed by atoms with Crippen LogP contribution in [-0.4, -0.2) is 59.4 Å². The number of fused-ring (bicyclic) bond motifs is 1. The molecule has 2 heterocycles. The number of carbonyl (C=O) groups excluding carboxylic acids is 2. The molecule has 0 unspecified atom stereocenters. The number of amides is 2. The van der Waals surface area contributed by atoms with Gasteiger partial charge < -0.3 is 19.5 Å². The average molecular weight is 474 g/mol. The van der Waals surface area contributed by atoms with Crippen molar-refractivity contribution < 1.29 is 14.3 Å². The highest BCUT2D eigenvalue weighted by Gasteiger charge is 2.24. The maximum absolute atomic E-state index is 12.8. The van der Waals surface area contributed by atoms with Crippen molar-refractivity contribution in [2.45, 2.75) is 19.3 Å². The van der Waals surface area contributed by atoms with Crippen LogP contribution in [0.5, 0.6) is 5.75 Å². The number of para-hydroxylation sites is 1. The van der Waals surface area contributed by atoms with Crippen LogP contribution in [0.4, 0.5) is 0 Å². The van der Waals surface area contributed by atoms with E-state index in [-0.39, 0.29) is 11.8 Å². The van der Waals surface area contributed by atoms with E-state index in [1.165, 1.54) is 0 Å². The Kier molecular flexibility index (Phi) is 7.22. The molecule has 8 heteroatoms. The summed E-state index contributed by atoms with van der Waals surface area (Å²) in [4.78, 5) is 32.2. The molecule has 2 aromatic carbocycles. The topological polar surface area (TPSA) is 65.6 Å². The number of nitrogens with zero attached hydrogens (tertiary/aromatic N) is 2. The van der Waals surface area contributed by atoms with E-state index in [1.54, 1.807) is 18.2 Å². The van der Waals surface area contributed by atoms with E-state index in [0.29, 0.717) is 67.8 Å². The minimum atomic E-state index is 0.0783. The fourth-order valence-corrected chi connectivity index (χ4v) is 4.26. The molecule has 1 aliphatic rings. The maximum Gasteiger partial charge on any atom is 0.227 e. The maximum atomic E-state index is 12.8. The van der Waals surface area contributed by atoms with Crippen molar-refractivity contribution in [2.75, 3.05) is 32.8 Å². The van der Waals surface area contributed by atoms with Gasteiger partial charge in [0.05, 0.1) is 18.1 Å². The fraction of sp³-hybridized carbons (Fsp3) is 0.333. The highest BCUT2D eigenvalue weighted by Crippen LogP contribution is 2.31. The minimum Gasteiger partial charge on any atom is -0.492 e. The molecule has 0 aliphatic carbocycles. The van der Waals surface area contributed by atoms with Crippen LogP contribution in [0, 0.1) is 0 Å². The van der Waals surface area contributed by atoms with Crippen LogP contribution >= 0.6 is 23.2 Å². The number of piperazine rings is 1. The predicted molar refractivity (Wildman–Crippen MR) is 126 cm³/mol. The molecule has 1 aromatic heterocycles. The molecule has 2 amide bonds. The number of carbonyl (C=O) groups is 2. The summed E-state index contributed by atoms with van der Waals surface area (Å²) >= 11 is 12.1. The molecule has 32 heavy (non-hydrogen) atoms. The number of aromatic amines is 1. The molecule has 4 rings (SSSR count). The molecule has 3 aromatic rings. The smallest absolute Gasteiger partial charge is 0.227 e. The number of rotatable bonds is 7. The van der Waals surface area contributed by atoms with Crippen LogP contribution in [-0.2, 0) is 16.0 Å². The summed E-state index contributed by atoms with van der Waals surface area (Å²) in [5.41, 5.74) is 2.04. The lowest BCUT2D eigenvalue weighted by molar-refractivity contribution is -0.139. The standard InChI is InChI=1S/C24H25Cl2N3O3/c25-19-6-3-8-21(24(19)26)32-14-4-9-22(30)28-10-12-29(13-11-28)23(31)15-17-16-27-20-7-2-1-5-18(17)20/h1-3,5-8,16,27H,4,9-15H2. The zero-order valence-electron chi connectivity index (χ0n) is 17.7. The van der Waals surface area contributed by atoms with Gasteiger partial charge in [-0.15, -0.1) is 0 Å². The third-order valence-electron chi connectivity index (χ3n) is 5.71. The van der Waals surface area contributed by atoms with Gasteiger partial charge in [0.15, 0.2) is 0 Å². The van der Waals surface area contributed by atoms with E-state index in [4.69, 9.17) is 27.9 Å². The lowest BCUT2D eigenvalue weighted by atomic mass is 10.1. The molecule has 0 saturated carbocycles. The van der Waals surface area contributed by atoms with Gasteiger partial charge in [-0.1, -0.05) is 47.5 Å². The van der Waals surface area contributed by atoms with Gasteiger partial charge in [0.2, 0.25) is 11.8 Å². The van der Waals surface area contributed by atoms with Gasteiger partial charge in [0.25, 0.3) is 0 Å². The third-order valence-corrected chi connectivity index (χ3v) is 6.51. The van der Waals surface area contributed by atoms with Crippen LogP contribution in [0.25, 0.3) is 10.9 Å². The number of ether oxygens (including phenoxy) is 1. The summed E-state index contributed by atoms with van der Waals surface area (Å²) < 4.78 is 5.64. The van der Waals surface area contributed by atoms with E-state index < -0.39 is 0 Å². The average Bonchev–Trinajstić information content (AvgIpc) is 3.22. The Morgan fingerprint density at radius 1 is 0.938 bits per heavy atom. The molecule has 0 atom stereocenters. The second-order valence-electron chi connectivity index (χ2n) is 7.80. The Morgan fingerprint density at radius 2 is 1.66 bits per heavy atom. The number of benzene rings is 2. The van der Waals surface area contributed by atoms with Gasteiger partial charge in [-0.3, -0.25) is 9.59 Å². The van der Waals surface area contributed by atoms with Crippen molar-refractivity contribution >= 4 is 45.9 Å². The molecule has 0 radical (unpaired) electrons. The van der Waals surface area contributed by atoms with Gasteiger partial charge in [0, 0.05) is 49.7 Å². The first-order valence-corrected chi connectivity index (χ1v) is 11.5. The van der Waals surface area contributed by atoms with E-state index >= 15 is 0 Å². The molecule has 1 N–H and O–H groups in total. The van der Waals surface area contributed by atoms with E-state index in [2.05, 4.69) is 4.98 Å². The van der Waals surface area contributed by atoms with Gasteiger partial charge in [0.1, 0.15) is 10.8 Å². The number of aromatic nitrogens is 1. The molecular formula is C24H25Cl2N3O3. The third kappa shape index (κ3) is 5.19. The first-order chi connectivity index (χ1) is 15.5. The van der Waals surface area contributed by atoms with E-state index in [9.17, 15) is 9.59 Å². The minimum absolute atomic E-state index is 0.0783. The van der Waals surface area contributed by atoms with Crippen LogP contribution < -0.4 is 4.74 Å². The molecule has 0 bridgehead atoms. The van der Waals surface area contributed by atoms with Gasteiger partial charge in [-0.25, -0.2) is 0 Å². The molecule has 6 nitrogen and oxygen atoms in total. The quantitative estimate of drug-likeness (QED) is 0.511. The van der Waals surface area contributed by atoms with Crippen molar-refractivity contribution in [3.05, 3.63) is 64.3 Å². The van der Waals surface area contributed by atoms with Crippen molar-refractivity contribution in [1.82, 2.24) is 14.8 Å². The van der Waals surface area contributed by atoms with Crippen LogP contribution in [0.2, 0.25) is 10.0 Å². The lowest BCUT2D eigenvalue weighted by Crippen LogP contribution is -2.51. The van der Waals surface area contributed by atoms with E-state index in [0.717, 1.165) is 16.5 Å². The van der Waals surface area contributed by atoms with Gasteiger partial charge in [-0.2, -0.15) is 0 Å². The Bertz CT molecular complexity index is 1110. The Hall–Kier alpha value is -2.70. The molecule has 1 aliphatic heterocycles. The summed E-state index contributed by atoms with van der Waals surface area (Å²) in [6, 6.07) is 13.2. The van der Waals surface area contributed by atoms with Crippen molar-refractivity contribution in [2.24, 2.45) is 0 Å². The summed E-state index contributed by atoms with van der Waals surface area (Å²) in [5.74, 6) is 0.692. The molecule has 0 spiro atoms. The second kappa shape index (κ2) is 10.3. The number of hydrogen-bond acceptors (Lipinski definition) is 3. The Balaban J connectivity index is 1.19. The predicted octanol–water partition coefficient (Wildman–Crippen LogP) is 4.55. The Labute approximate surface area is 197 Å². The van der Waals surface area contributed by atoms with Crippen LogP contribution in [0.1, 0.15) is 18.4 Å². The number of halogens is 2. The van der Waals surface area contributed by atoms with Crippen molar-refractivity contribution in [3.63, 3.8) is 0 Å². The monoisotopic (exact) mass is 473 g/mol. The molecule has 1 fully saturated rings. The first kappa shape index (κ1) is 22.5. The SMILES string of the molecule is O=C(CCCOc1cccc(Cl)c1Cl)N1CCN(C(=O)Cc2c[nH]c3ccccc23)CC1. The van der Waals surface area contributed by atoms with Crippen LogP contribution in [0.3, 0.4) is 0 Å². The Morgan fingerprint density at radius 3 is 2.44 bits per heavy atom. The van der Waals surface area contributed by atoms with Crippen LogP contribution in [0.15, 0.2) is 48.7 Å². The van der Waals surface area contributed by atoms with Gasteiger partial charge in [-0.05, 0) is 30.2 Å². The van der Waals surface area contributed by atoms with Gasteiger partial charge >= 0.3 is 0 Å². The second-order valence-corrected chi connectivity index (χ2v) is 8.59. The summed E-state index contributed by atoms with van der Waals surface area (Å²) in [5, 5.41) is 1.90. The number of H-pyrrole nitrogens is 1. The zero-order valence-corrected chi connectivity index (χ0v) is 19.2. The zero-order chi connectivity index (χ0) is 22.5. The van der Waals surface area contributed by atoms with Crippen molar-refractivity contribution in [1.29, 1.82) is 0 Å². The summed E-state index contributed by atoms with van der Waals surface area (Å²) in [6.07, 6.45) is 3.24. The summed E-state index contributed by atoms with van der Waals surface area (Å²) in [7, 11) is 0. The van der Waals surface area contributed by atoms with Crippen molar-refractivity contribution in [3.8, 4) is 5.75 Å². The molecule has 1 saturated heterocycles. The normalized spacial score (nSPS) is 14.1. The highest BCUT2D eigenvalue weighted by molar-refractivity contribution is 6.42. The fourth-order valence-electron chi connectivity index (χ4n) is 3.92. The highest BCUT2D eigenvalue weighted by atomic mass is 35.5. The van der Waals surface area contributed by atoms with E-state index in [1.807, 2.05) is 40.3 Å². The largest absolute Gasteiger partial charge is 0.492 e.